The van der Waals surface area contributed by atoms with Gasteiger partial charge in [0.15, 0.2) is 0 Å². The number of hydrogen-bond acceptors (Lipinski definition) is 4. The van der Waals surface area contributed by atoms with Gasteiger partial charge in [0.05, 0.1) is 0 Å². The van der Waals surface area contributed by atoms with Gasteiger partial charge >= 0.3 is 0 Å². The summed E-state index contributed by atoms with van der Waals surface area (Å²) in [5, 5.41) is 2.70. The number of aromatic nitrogens is 1. The van der Waals surface area contributed by atoms with Crippen LogP contribution in [0.2, 0.25) is 0 Å². The molecule has 0 aliphatic carbocycles. The monoisotopic (exact) mass is 420 g/mol. The van der Waals surface area contributed by atoms with E-state index in [1.54, 1.807) is 13.1 Å². The second-order valence-corrected chi connectivity index (χ2v) is 9.57. The van der Waals surface area contributed by atoms with E-state index in [0.29, 0.717) is 18.8 Å². The van der Waals surface area contributed by atoms with Gasteiger partial charge in [0.2, 0.25) is 10.0 Å². The topological polar surface area (TPSA) is 74.6 Å². The summed E-state index contributed by atoms with van der Waals surface area (Å²) in [6, 6.07) is 5.85. The van der Waals surface area contributed by atoms with E-state index in [1.165, 1.54) is 33.3 Å². The highest BCUT2D eigenvalue weighted by atomic mass is 32.2. The number of benzene rings is 1. The summed E-state index contributed by atoms with van der Waals surface area (Å²) in [5.41, 5.74) is 1.29. The Hall–Kier alpha value is -2.39. The van der Waals surface area contributed by atoms with Crippen LogP contribution in [-0.2, 0) is 17.1 Å². The fourth-order valence-corrected chi connectivity index (χ4v) is 5.57. The third-order valence-corrected chi connectivity index (χ3v) is 7.39. The number of rotatable bonds is 5. The maximum Gasteiger partial charge on any atom is 0.272 e. The molecule has 1 aromatic heterocycles. The highest BCUT2D eigenvalue weighted by molar-refractivity contribution is 7.89. The van der Waals surface area contributed by atoms with Crippen LogP contribution in [0.5, 0.6) is 0 Å². The Morgan fingerprint density at radius 2 is 1.66 bits per heavy atom. The lowest BCUT2D eigenvalue weighted by Gasteiger charge is -2.18. The Morgan fingerprint density at radius 1 is 1.00 bits per heavy atom. The fraction of sp³-hybridized carbons (Fsp3) is 0.450. The van der Waals surface area contributed by atoms with Gasteiger partial charge in [-0.05, 0) is 49.9 Å². The number of amides is 1. The largest absolute Gasteiger partial charge is 0.371 e. The molecule has 0 spiro atoms. The van der Waals surface area contributed by atoms with Crippen LogP contribution in [0, 0.1) is 5.82 Å². The molecule has 156 valence electrons. The summed E-state index contributed by atoms with van der Waals surface area (Å²) >= 11 is 0. The van der Waals surface area contributed by atoms with E-state index in [2.05, 4.69) is 10.2 Å². The first-order valence-electron chi connectivity index (χ1n) is 9.88. The Labute approximate surface area is 170 Å². The lowest BCUT2D eigenvalue weighted by molar-refractivity contribution is 0.101. The third-order valence-electron chi connectivity index (χ3n) is 5.53. The summed E-state index contributed by atoms with van der Waals surface area (Å²) in [6.07, 6.45) is 5.27. The normalized spacial score (nSPS) is 17.8. The smallest absolute Gasteiger partial charge is 0.272 e. The average Bonchev–Trinajstić information content (AvgIpc) is 3.42. The van der Waals surface area contributed by atoms with Crippen LogP contribution in [-0.4, -0.2) is 49.4 Å². The first kappa shape index (κ1) is 19.9. The highest BCUT2D eigenvalue weighted by Crippen LogP contribution is 2.26. The van der Waals surface area contributed by atoms with Crippen molar-refractivity contribution in [3.05, 3.63) is 42.0 Å². The molecule has 2 saturated heterocycles. The summed E-state index contributed by atoms with van der Waals surface area (Å²) < 4.78 is 42.5. The summed E-state index contributed by atoms with van der Waals surface area (Å²) in [6.45, 7) is 2.74. The van der Waals surface area contributed by atoms with Gasteiger partial charge in [-0.2, -0.15) is 4.31 Å². The summed E-state index contributed by atoms with van der Waals surface area (Å²) in [4.78, 5) is 15.0. The number of nitrogens with one attached hydrogen (secondary N) is 1. The maximum atomic E-state index is 14.1. The lowest BCUT2D eigenvalue weighted by atomic mass is 10.2. The van der Waals surface area contributed by atoms with Crippen molar-refractivity contribution >= 4 is 27.3 Å². The second kappa shape index (κ2) is 7.79. The van der Waals surface area contributed by atoms with Gasteiger partial charge in [0.1, 0.15) is 16.4 Å². The molecule has 0 unspecified atom stereocenters. The van der Waals surface area contributed by atoms with Gasteiger partial charge in [0.25, 0.3) is 5.91 Å². The van der Waals surface area contributed by atoms with Crippen LogP contribution in [0.4, 0.5) is 15.8 Å². The van der Waals surface area contributed by atoms with Crippen molar-refractivity contribution in [2.45, 2.75) is 30.6 Å². The average molecular weight is 421 g/mol. The highest BCUT2D eigenvalue weighted by Gasteiger charge is 2.29. The first-order valence-corrected chi connectivity index (χ1v) is 11.3. The molecule has 1 N–H and O–H groups in total. The lowest BCUT2D eigenvalue weighted by Crippen LogP contribution is -2.27. The van der Waals surface area contributed by atoms with E-state index in [0.717, 1.165) is 44.5 Å². The number of anilines is 2. The minimum Gasteiger partial charge on any atom is -0.371 e. The molecule has 2 fully saturated rings. The van der Waals surface area contributed by atoms with Crippen molar-refractivity contribution in [1.82, 2.24) is 8.87 Å². The molecule has 4 rings (SSSR count). The van der Waals surface area contributed by atoms with E-state index in [1.807, 2.05) is 0 Å². The molecule has 1 aromatic carbocycles. The minimum atomic E-state index is -3.61. The number of halogens is 1. The number of sulfonamides is 1. The first-order chi connectivity index (χ1) is 13.8. The quantitative estimate of drug-likeness (QED) is 0.807. The van der Waals surface area contributed by atoms with E-state index in [4.69, 9.17) is 0 Å². The Balaban J connectivity index is 1.55. The second-order valence-electron chi connectivity index (χ2n) is 7.63. The van der Waals surface area contributed by atoms with Gasteiger partial charge in [-0.25, -0.2) is 12.8 Å². The molecule has 3 heterocycles. The molecular weight excluding hydrogens is 395 g/mol. The molecular formula is C20H25FN4O3S. The molecule has 0 radical (unpaired) electrons. The van der Waals surface area contributed by atoms with Gasteiger partial charge in [-0.1, -0.05) is 0 Å². The van der Waals surface area contributed by atoms with Crippen LogP contribution in [0.1, 0.15) is 36.2 Å². The van der Waals surface area contributed by atoms with Crippen molar-refractivity contribution in [2.24, 2.45) is 7.05 Å². The Morgan fingerprint density at radius 3 is 2.34 bits per heavy atom. The van der Waals surface area contributed by atoms with Crippen LogP contribution in [0.3, 0.4) is 0 Å². The van der Waals surface area contributed by atoms with Crippen molar-refractivity contribution in [3.63, 3.8) is 0 Å². The van der Waals surface area contributed by atoms with Gasteiger partial charge in [0, 0.05) is 50.8 Å². The van der Waals surface area contributed by atoms with Gasteiger partial charge in [-0.3, -0.25) is 4.79 Å². The molecule has 9 heteroatoms. The van der Waals surface area contributed by atoms with E-state index in [-0.39, 0.29) is 10.6 Å². The predicted molar refractivity (Wildman–Crippen MR) is 109 cm³/mol. The third kappa shape index (κ3) is 4.02. The van der Waals surface area contributed by atoms with Crippen LogP contribution >= 0.6 is 0 Å². The number of nitrogens with zero attached hydrogens (tertiary/aromatic N) is 3. The van der Waals surface area contributed by atoms with E-state index in [9.17, 15) is 17.6 Å². The fourth-order valence-electron chi connectivity index (χ4n) is 3.98. The van der Waals surface area contributed by atoms with Gasteiger partial charge in [-0.15, -0.1) is 0 Å². The Kier molecular flexibility index (Phi) is 5.35. The molecule has 7 nitrogen and oxygen atoms in total. The molecule has 0 saturated carbocycles. The molecule has 2 aliphatic heterocycles. The molecule has 0 bridgehead atoms. The molecule has 29 heavy (non-hydrogen) atoms. The van der Waals surface area contributed by atoms with Crippen molar-refractivity contribution in [2.75, 3.05) is 36.4 Å². The molecule has 1 amide bonds. The Bertz CT molecular complexity index is 1020. The van der Waals surface area contributed by atoms with Crippen LogP contribution in [0.15, 0.2) is 35.4 Å². The minimum absolute atomic E-state index is 0.101. The molecule has 2 aromatic rings. The van der Waals surface area contributed by atoms with Crippen LogP contribution < -0.4 is 10.2 Å². The summed E-state index contributed by atoms with van der Waals surface area (Å²) in [7, 11) is -1.98. The summed E-state index contributed by atoms with van der Waals surface area (Å²) in [5.74, 6) is -0.901. The van der Waals surface area contributed by atoms with E-state index >= 15 is 0 Å². The standard InChI is InChI=1S/C20H25FN4O3S/c1-23-14-18(29(27,28)25-8-4-5-9-25)13-19(23)20(26)22-16-10-15(21)11-17(12-16)24-6-2-3-7-24/h10-14H,2-9H2,1H3,(H,22,26). The number of hydrogen-bond donors (Lipinski definition) is 1. The van der Waals surface area contributed by atoms with E-state index < -0.39 is 21.7 Å². The predicted octanol–water partition coefficient (Wildman–Crippen LogP) is 2.80. The van der Waals surface area contributed by atoms with Crippen molar-refractivity contribution in [1.29, 1.82) is 0 Å². The zero-order valence-electron chi connectivity index (χ0n) is 16.4. The number of carbonyl (C=O) groups is 1. The zero-order valence-corrected chi connectivity index (χ0v) is 17.2. The van der Waals surface area contributed by atoms with Crippen molar-refractivity contribution in [3.8, 4) is 0 Å². The number of carbonyl (C=O) groups excluding carboxylic acids is 1. The molecule has 2 aliphatic rings. The molecule has 0 atom stereocenters. The van der Waals surface area contributed by atoms with Gasteiger partial charge < -0.3 is 14.8 Å². The van der Waals surface area contributed by atoms with Crippen molar-refractivity contribution < 1.29 is 17.6 Å². The number of aryl methyl sites for hydroxylation is 1. The van der Waals surface area contributed by atoms with Crippen LogP contribution in [0.25, 0.3) is 0 Å². The maximum absolute atomic E-state index is 14.1. The SMILES string of the molecule is Cn1cc(S(=O)(=O)N2CCCC2)cc1C(=O)Nc1cc(F)cc(N2CCCC2)c1. The zero-order chi connectivity index (χ0) is 20.6.